The largest absolute Gasteiger partial charge is 0.414 e. The van der Waals surface area contributed by atoms with E-state index in [0.717, 1.165) is 30.4 Å². The summed E-state index contributed by atoms with van der Waals surface area (Å²) in [6.07, 6.45) is 11.7. The van der Waals surface area contributed by atoms with Crippen LogP contribution in [0.2, 0.25) is 39.3 Å². The lowest BCUT2D eigenvalue weighted by Crippen LogP contribution is -2.53. The Balaban J connectivity index is 1.60. The Hall–Kier alpha value is -0.436. The molecule has 6 heteroatoms. The van der Waals surface area contributed by atoms with E-state index in [2.05, 4.69) is 64.4 Å². The van der Waals surface area contributed by atoms with Gasteiger partial charge in [0.15, 0.2) is 16.6 Å². The van der Waals surface area contributed by atoms with E-state index < -0.39 is 16.6 Å². The minimum absolute atomic E-state index is 0.124. The summed E-state index contributed by atoms with van der Waals surface area (Å²) in [6.45, 7) is 19.0. The third-order valence-corrected chi connectivity index (χ3v) is 11.0. The smallest absolute Gasteiger partial charge is 0.184 e. The van der Waals surface area contributed by atoms with Crippen molar-refractivity contribution >= 4 is 22.3 Å². The molecule has 0 radical (unpaired) electrons. The molecule has 0 aromatic carbocycles. The number of nitrogens with zero attached hydrogens (tertiary/aromatic N) is 1. The fourth-order valence-electron chi connectivity index (χ4n) is 7.76. The summed E-state index contributed by atoms with van der Waals surface area (Å²) in [5.74, 6) is 2.15. The first kappa shape index (κ1) is 24.7. The number of allylic oxidation sites excluding steroid dienone is 1. The van der Waals surface area contributed by atoms with Gasteiger partial charge in [0.05, 0.1) is 11.8 Å². The van der Waals surface area contributed by atoms with Crippen molar-refractivity contribution < 1.29 is 13.7 Å². The molecule has 0 bridgehead atoms. The van der Waals surface area contributed by atoms with Crippen molar-refractivity contribution in [1.82, 2.24) is 0 Å². The van der Waals surface area contributed by atoms with E-state index in [1.807, 2.05) is 0 Å². The van der Waals surface area contributed by atoms with Gasteiger partial charge in [-0.05, 0) is 107 Å². The van der Waals surface area contributed by atoms with Gasteiger partial charge in [0.1, 0.15) is 7.11 Å². The van der Waals surface area contributed by atoms with Crippen LogP contribution in [0, 0.1) is 28.6 Å². The summed E-state index contributed by atoms with van der Waals surface area (Å²) in [6, 6.07) is 0. The van der Waals surface area contributed by atoms with Gasteiger partial charge in [-0.3, -0.25) is 0 Å². The number of fused-ring (bicyclic) bond motifs is 5. The first-order valence-electron chi connectivity index (χ1n) is 12.9. The molecule has 0 heterocycles. The molecule has 0 aromatic rings. The van der Waals surface area contributed by atoms with Crippen LogP contribution in [0.1, 0.15) is 58.8 Å². The maximum Gasteiger partial charge on any atom is 0.184 e. The quantitative estimate of drug-likeness (QED) is 0.243. The molecule has 4 nitrogen and oxygen atoms in total. The molecule has 32 heavy (non-hydrogen) atoms. The van der Waals surface area contributed by atoms with Crippen LogP contribution in [-0.4, -0.2) is 41.7 Å². The van der Waals surface area contributed by atoms with E-state index in [0.29, 0.717) is 17.4 Å². The number of hydrogen-bond acceptors (Lipinski definition) is 4. The van der Waals surface area contributed by atoms with E-state index in [-0.39, 0.29) is 11.5 Å². The van der Waals surface area contributed by atoms with Crippen LogP contribution >= 0.6 is 0 Å². The summed E-state index contributed by atoms with van der Waals surface area (Å²) >= 11 is 0. The Labute approximate surface area is 198 Å². The first-order valence-corrected chi connectivity index (χ1v) is 19.7. The van der Waals surface area contributed by atoms with Crippen molar-refractivity contribution in [2.45, 2.75) is 110 Å². The highest BCUT2D eigenvalue weighted by Crippen LogP contribution is 2.65. The van der Waals surface area contributed by atoms with Gasteiger partial charge in [-0.1, -0.05) is 30.7 Å². The Morgan fingerprint density at radius 3 is 2.22 bits per heavy atom. The lowest BCUT2D eigenvalue weighted by Gasteiger charge is -2.58. The number of hydrogen-bond donors (Lipinski definition) is 0. The molecule has 4 aliphatic carbocycles. The fraction of sp³-hybridized carbons (Fsp3) is 0.885. The molecule has 3 saturated carbocycles. The second-order valence-corrected chi connectivity index (χ2v) is 22.4. The van der Waals surface area contributed by atoms with E-state index in [4.69, 9.17) is 13.7 Å². The summed E-state index contributed by atoms with van der Waals surface area (Å²) in [5, 5.41) is 4.52. The van der Waals surface area contributed by atoms with Crippen molar-refractivity contribution in [2.75, 3.05) is 7.11 Å². The van der Waals surface area contributed by atoms with E-state index >= 15 is 0 Å². The highest BCUT2D eigenvalue weighted by atomic mass is 28.4. The predicted octanol–water partition coefficient (Wildman–Crippen LogP) is 7.00. The van der Waals surface area contributed by atoms with Crippen LogP contribution in [0.4, 0.5) is 0 Å². The van der Waals surface area contributed by atoms with E-state index in [1.54, 1.807) is 12.7 Å². The van der Waals surface area contributed by atoms with Gasteiger partial charge >= 0.3 is 0 Å². The molecule has 0 spiro atoms. The lowest BCUT2D eigenvalue weighted by molar-refractivity contribution is -0.0627. The zero-order valence-corrected chi connectivity index (χ0v) is 24.1. The zero-order chi connectivity index (χ0) is 23.5. The fourth-order valence-corrected chi connectivity index (χ4v) is 10.1. The average Bonchev–Trinajstić information content (AvgIpc) is 2.92. The zero-order valence-electron chi connectivity index (χ0n) is 22.1. The standard InChI is InChI=1S/C26H47NO3Si2/c1-25-14-12-19(29-31(4,5)6)16-18(25)10-11-20-21(25)13-15-26(2)22(20)17-23(27-28-3)24(26)30-32(7,8)9/h10,19-22,24H,11-17H2,1-9H3/b27-23+/t19-,20+,21-,22-,24-,25-,26-/m0/s1. The predicted molar refractivity (Wildman–Crippen MR) is 138 cm³/mol. The second-order valence-electron chi connectivity index (χ2n) is 13.5. The minimum atomic E-state index is -1.69. The molecule has 0 unspecified atom stereocenters. The number of rotatable bonds is 5. The SMILES string of the molecule is CO/N=C1\C[C@H]2[C@@H]3CC=C4C[C@@H](O[Si](C)(C)C)CC[C@]4(C)[C@H]3CC[C@]2(C)[C@H]1O[Si](C)(C)C. The van der Waals surface area contributed by atoms with Gasteiger partial charge in [-0.2, -0.15) is 0 Å². The van der Waals surface area contributed by atoms with E-state index in [9.17, 15) is 0 Å². The van der Waals surface area contributed by atoms with Crippen LogP contribution < -0.4 is 0 Å². The van der Waals surface area contributed by atoms with Gasteiger partial charge in [-0.15, -0.1) is 0 Å². The molecule has 0 aromatic heterocycles. The average molecular weight is 478 g/mol. The van der Waals surface area contributed by atoms with Crippen LogP contribution in [0.15, 0.2) is 16.8 Å². The molecule has 0 saturated heterocycles. The molecule has 0 N–H and O–H groups in total. The Morgan fingerprint density at radius 1 is 0.906 bits per heavy atom. The van der Waals surface area contributed by atoms with Crippen LogP contribution in [-0.2, 0) is 13.7 Å². The van der Waals surface area contributed by atoms with Gasteiger partial charge in [0, 0.05) is 11.5 Å². The molecular weight excluding hydrogens is 430 g/mol. The van der Waals surface area contributed by atoms with Crippen LogP contribution in [0.25, 0.3) is 0 Å². The highest BCUT2D eigenvalue weighted by Gasteiger charge is 2.61. The van der Waals surface area contributed by atoms with Crippen molar-refractivity contribution in [3.05, 3.63) is 11.6 Å². The Kier molecular flexibility index (Phi) is 6.44. The van der Waals surface area contributed by atoms with Crippen LogP contribution in [0.5, 0.6) is 0 Å². The number of oxime groups is 1. The normalized spacial score (nSPS) is 43.3. The second kappa shape index (κ2) is 8.35. The molecule has 0 aliphatic heterocycles. The van der Waals surface area contributed by atoms with Crippen LogP contribution in [0.3, 0.4) is 0 Å². The van der Waals surface area contributed by atoms with Gasteiger partial charge in [0.25, 0.3) is 0 Å². The van der Waals surface area contributed by atoms with Gasteiger partial charge in [0.2, 0.25) is 0 Å². The van der Waals surface area contributed by atoms with Gasteiger partial charge in [-0.25, -0.2) is 0 Å². The lowest BCUT2D eigenvalue weighted by atomic mass is 9.48. The van der Waals surface area contributed by atoms with Crippen molar-refractivity contribution in [1.29, 1.82) is 0 Å². The third kappa shape index (κ3) is 4.46. The summed E-state index contributed by atoms with van der Waals surface area (Å²) in [4.78, 5) is 5.32. The third-order valence-electron chi connectivity index (χ3n) is 9.03. The molecular formula is C26H47NO3Si2. The highest BCUT2D eigenvalue weighted by molar-refractivity contribution is 6.70. The molecule has 4 rings (SSSR count). The van der Waals surface area contributed by atoms with Crippen molar-refractivity contribution in [3.63, 3.8) is 0 Å². The molecule has 3 fully saturated rings. The molecule has 182 valence electrons. The van der Waals surface area contributed by atoms with Gasteiger partial charge < -0.3 is 13.7 Å². The van der Waals surface area contributed by atoms with Crippen molar-refractivity contribution in [2.24, 2.45) is 33.7 Å². The van der Waals surface area contributed by atoms with Crippen molar-refractivity contribution in [3.8, 4) is 0 Å². The summed E-state index contributed by atoms with van der Waals surface area (Å²) in [7, 11) is -1.50. The first-order chi connectivity index (χ1) is 14.8. The summed E-state index contributed by atoms with van der Waals surface area (Å²) in [5.41, 5.74) is 3.39. The maximum absolute atomic E-state index is 6.81. The molecule has 7 atom stereocenters. The minimum Gasteiger partial charge on any atom is -0.414 e. The Morgan fingerprint density at radius 2 is 1.59 bits per heavy atom. The monoisotopic (exact) mass is 477 g/mol. The summed E-state index contributed by atoms with van der Waals surface area (Å²) < 4.78 is 13.4. The maximum atomic E-state index is 6.81. The molecule has 4 aliphatic rings. The Bertz CT molecular complexity index is 783. The molecule has 0 amide bonds. The topological polar surface area (TPSA) is 40.0 Å². The van der Waals surface area contributed by atoms with E-state index in [1.165, 1.54) is 32.1 Å².